The Hall–Kier alpha value is -1.47. The summed E-state index contributed by atoms with van der Waals surface area (Å²) in [6.07, 6.45) is 1.69. The molecule has 0 aliphatic heterocycles. The maximum atomic E-state index is 11.2. The van der Waals surface area contributed by atoms with Crippen molar-refractivity contribution < 1.29 is 19.4 Å². The standard InChI is InChI=1S/C9H12N2O4S/c1-6-10-2-7(16-6)3-11-8(12)4-15-5-9(13)14/h2H,3-5H2,1H3,(H,11,12)(H,13,14). The van der Waals surface area contributed by atoms with Crippen LogP contribution < -0.4 is 5.32 Å². The molecule has 0 fully saturated rings. The third-order valence-electron chi connectivity index (χ3n) is 1.59. The van der Waals surface area contributed by atoms with E-state index in [4.69, 9.17) is 5.11 Å². The Bertz CT molecular complexity index is 377. The van der Waals surface area contributed by atoms with E-state index in [-0.39, 0.29) is 12.5 Å². The Morgan fingerprint density at radius 2 is 2.31 bits per heavy atom. The molecular formula is C9H12N2O4S. The van der Waals surface area contributed by atoms with Crippen LogP contribution in [0.3, 0.4) is 0 Å². The minimum absolute atomic E-state index is 0.246. The molecule has 7 heteroatoms. The number of aliphatic carboxylic acids is 1. The first-order chi connectivity index (χ1) is 7.58. The normalized spacial score (nSPS) is 10.1. The van der Waals surface area contributed by atoms with Crippen LogP contribution >= 0.6 is 11.3 Å². The summed E-state index contributed by atoms with van der Waals surface area (Å²) in [6.45, 7) is 1.56. The third kappa shape index (κ3) is 4.85. The zero-order chi connectivity index (χ0) is 12.0. The van der Waals surface area contributed by atoms with Crippen molar-refractivity contribution in [3.8, 4) is 0 Å². The first-order valence-corrected chi connectivity index (χ1v) is 5.37. The van der Waals surface area contributed by atoms with E-state index in [1.54, 1.807) is 6.20 Å². The molecule has 0 aliphatic carbocycles. The maximum Gasteiger partial charge on any atom is 0.329 e. The first-order valence-electron chi connectivity index (χ1n) is 4.55. The van der Waals surface area contributed by atoms with Crippen molar-refractivity contribution >= 4 is 23.2 Å². The number of thiazole rings is 1. The summed E-state index contributed by atoms with van der Waals surface area (Å²) in [6, 6.07) is 0. The van der Waals surface area contributed by atoms with Gasteiger partial charge in [-0.2, -0.15) is 0 Å². The van der Waals surface area contributed by atoms with Crippen molar-refractivity contribution in [1.29, 1.82) is 0 Å². The summed E-state index contributed by atoms with van der Waals surface area (Å²) in [7, 11) is 0. The highest BCUT2D eigenvalue weighted by atomic mass is 32.1. The molecule has 0 atom stereocenters. The van der Waals surface area contributed by atoms with Crippen LogP contribution in [0.5, 0.6) is 0 Å². The summed E-state index contributed by atoms with van der Waals surface area (Å²) in [5, 5.41) is 11.8. The second-order valence-electron chi connectivity index (χ2n) is 3.01. The second kappa shape index (κ2) is 6.19. The largest absolute Gasteiger partial charge is 0.480 e. The number of hydrogen-bond acceptors (Lipinski definition) is 5. The van der Waals surface area contributed by atoms with Gasteiger partial charge in [0.15, 0.2) is 0 Å². The topological polar surface area (TPSA) is 88.5 Å². The van der Waals surface area contributed by atoms with Crippen LogP contribution in [0.2, 0.25) is 0 Å². The van der Waals surface area contributed by atoms with Gasteiger partial charge in [-0.15, -0.1) is 11.3 Å². The fourth-order valence-electron chi connectivity index (χ4n) is 0.955. The van der Waals surface area contributed by atoms with Crippen molar-refractivity contribution in [2.45, 2.75) is 13.5 Å². The van der Waals surface area contributed by atoms with Crippen molar-refractivity contribution in [2.75, 3.05) is 13.2 Å². The molecule has 1 aromatic rings. The predicted molar refractivity (Wildman–Crippen MR) is 57.2 cm³/mol. The van der Waals surface area contributed by atoms with Crippen LogP contribution in [0.25, 0.3) is 0 Å². The van der Waals surface area contributed by atoms with Gasteiger partial charge in [-0.05, 0) is 6.92 Å². The van der Waals surface area contributed by atoms with Gasteiger partial charge < -0.3 is 15.2 Å². The molecule has 0 bridgehead atoms. The third-order valence-corrected chi connectivity index (χ3v) is 2.50. The average Bonchev–Trinajstić information content (AvgIpc) is 2.61. The minimum Gasteiger partial charge on any atom is -0.480 e. The Kier molecular flexibility index (Phi) is 4.87. The molecule has 16 heavy (non-hydrogen) atoms. The number of aromatic nitrogens is 1. The number of nitrogens with zero attached hydrogens (tertiary/aromatic N) is 1. The van der Waals surface area contributed by atoms with Gasteiger partial charge in [0.25, 0.3) is 0 Å². The fourth-order valence-corrected chi connectivity index (χ4v) is 1.69. The zero-order valence-corrected chi connectivity index (χ0v) is 9.54. The number of carbonyl (C=O) groups excluding carboxylic acids is 1. The highest BCUT2D eigenvalue weighted by Crippen LogP contribution is 2.10. The Labute approximate surface area is 96.3 Å². The monoisotopic (exact) mass is 244 g/mol. The molecule has 1 rings (SSSR count). The molecule has 2 N–H and O–H groups in total. The molecule has 88 valence electrons. The number of carboxylic acid groups (broad SMARTS) is 1. The van der Waals surface area contributed by atoms with Crippen LogP contribution in [0.15, 0.2) is 6.20 Å². The summed E-state index contributed by atoms with van der Waals surface area (Å²) >= 11 is 1.50. The lowest BCUT2D eigenvalue weighted by molar-refractivity contribution is -0.143. The molecule has 1 heterocycles. The molecule has 0 saturated heterocycles. The number of hydrogen-bond donors (Lipinski definition) is 2. The van der Waals surface area contributed by atoms with E-state index in [9.17, 15) is 9.59 Å². The maximum absolute atomic E-state index is 11.2. The van der Waals surface area contributed by atoms with Crippen molar-refractivity contribution in [3.05, 3.63) is 16.1 Å². The highest BCUT2D eigenvalue weighted by molar-refractivity contribution is 7.11. The van der Waals surface area contributed by atoms with Crippen molar-refractivity contribution in [1.82, 2.24) is 10.3 Å². The molecule has 1 aromatic heterocycles. The summed E-state index contributed by atoms with van der Waals surface area (Å²) in [5.41, 5.74) is 0. The zero-order valence-electron chi connectivity index (χ0n) is 8.73. The molecule has 0 spiro atoms. The van der Waals surface area contributed by atoms with E-state index >= 15 is 0 Å². The quantitative estimate of drug-likeness (QED) is 0.744. The van der Waals surface area contributed by atoms with Crippen LogP contribution in [-0.2, 0) is 20.9 Å². The van der Waals surface area contributed by atoms with Gasteiger partial charge in [-0.3, -0.25) is 4.79 Å². The summed E-state index contributed by atoms with van der Waals surface area (Å²) in [4.78, 5) is 26.2. The van der Waals surface area contributed by atoms with Crippen LogP contribution in [0.1, 0.15) is 9.88 Å². The lowest BCUT2D eigenvalue weighted by Gasteiger charge is -2.02. The SMILES string of the molecule is Cc1ncc(CNC(=O)COCC(=O)O)s1. The summed E-state index contributed by atoms with van der Waals surface area (Å²) < 4.78 is 4.63. The van der Waals surface area contributed by atoms with E-state index in [0.29, 0.717) is 6.54 Å². The molecule has 0 aromatic carbocycles. The van der Waals surface area contributed by atoms with E-state index < -0.39 is 12.6 Å². The van der Waals surface area contributed by atoms with Gasteiger partial charge in [0.1, 0.15) is 13.2 Å². The highest BCUT2D eigenvalue weighted by Gasteiger charge is 2.04. The number of nitrogens with one attached hydrogen (secondary N) is 1. The van der Waals surface area contributed by atoms with Crippen molar-refractivity contribution in [2.24, 2.45) is 0 Å². The number of carboxylic acids is 1. The molecule has 0 unspecified atom stereocenters. The number of aryl methyl sites for hydroxylation is 1. The molecule has 0 saturated carbocycles. The minimum atomic E-state index is -1.09. The van der Waals surface area contributed by atoms with Crippen LogP contribution in [-0.4, -0.2) is 35.2 Å². The second-order valence-corrected chi connectivity index (χ2v) is 4.33. The number of rotatable bonds is 6. The molecule has 6 nitrogen and oxygen atoms in total. The van der Waals surface area contributed by atoms with E-state index in [1.165, 1.54) is 11.3 Å². The van der Waals surface area contributed by atoms with Gasteiger partial charge in [0.05, 0.1) is 11.6 Å². The predicted octanol–water partition coefficient (Wildman–Crippen LogP) is 0.169. The number of amides is 1. The lowest BCUT2D eigenvalue weighted by atomic mass is 10.5. The molecular weight excluding hydrogens is 232 g/mol. The van der Waals surface area contributed by atoms with Gasteiger partial charge in [-0.25, -0.2) is 9.78 Å². The lowest BCUT2D eigenvalue weighted by Crippen LogP contribution is -2.27. The Morgan fingerprint density at radius 3 is 2.88 bits per heavy atom. The number of carbonyl (C=O) groups is 2. The van der Waals surface area contributed by atoms with Gasteiger partial charge in [0, 0.05) is 11.1 Å². The molecule has 0 aliphatic rings. The van der Waals surface area contributed by atoms with Gasteiger partial charge >= 0.3 is 5.97 Å². The van der Waals surface area contributed by atoms with Gasteiger partial charge in [0.2, 0.25) is 5.91 Å². The van der Waals surface area contributed by atoms with E-state index in [0.717, 1.165) is 9.88 Å². The summed E-state index contributed by atoms with van der Waals surface area (Å²) in [5.74, 6) is -1.43. The Balaban J connectivity index is 2.17. The Morgan fingerprint density at radius 1 is 1.56 bits per heavy atom. The number of ether oxygens (including phenoxy) is 1. The van der Waals surface area contributed by atoms with E-state index in [1.807, 2.05) is 6.92 Å². The first kappa shape index (κ1) is 12.6. The van der Waals surface area contributed by atoms with Gasteiger partial charge in [-0.1, -0.05) is 0 Å². The van der Waals surface area contributed by atoms with Crippen molar-refractivity contribution in [3.63, 3.8) is 0 Å². The van der Waals surface area contributed by atoms with E-state index in [2.05, 4.69) is 15.0 Å². The average molecular weight is 244 g/mol. The molecule has 0 radical (unpaired) electrons. The van der Waals surface area contributed by atoms with Crippen LogP contribution in [0.4, 0.5) is 0 Å². The fraction of sp³-hybridized carbons (Fsp3) is 0.444. The smallest absolute Gasteiger partial charge is 0.329 e. The van der Waals surface area contributed by atoms with Crippen LogP contribution in [0, 0.1) is 6.92 Å². The molecule has 1 amide bonds.